The molecular weight excluding hydrogens is 252 g/mol. The number of aliphatic hydroxyl groups is 1. The van der Waals surface area contributed by atoms with Gasteiger partial charge in [0, 0.05) is 30.5 Å². The van der Waals surface area contributed by atoms with Crippen molar-refractivity contribution in [1.82, 2.24) is 10.2 Å². The number of nitrogens with one attached hydrogen (secondary N) is 1. The van der Waals surface area contributed by atoms with E-state index in [9.17, 15) is 9.90 Å². The lowest BCUT2D eigenvalue weighted by Crippen LogP contribution is -2.55. The predicted octanol–water partition coefficient (Wildman–Crippen LogP) is 1.63. The first-order valence-corrected chi connectivity index (χ1v) is 7.98. The molecule has 1 heterocycles. The Labute approximate surface area is 122 Å². The Balaban J connectivity index is 1.97. The second-order valence-electron chi connectivity index (χ2n) is 7.75. The van der Waals surface area contributed by atoms with E-state index in [2.05, 4.69) is 5.32 Å². The van der Waals surface area contributed by atoms with E-state index in [1.165, 1.54) is 12.8 Å². The van der Waals surface area contributed by atoms with Gasteiger partial charge in [0.05, 0.1) is 6.10 Å². The number of hydrogen-bond acceptors (Lipinski definition) is 3. The highest BCUT2D eigenvalue weighted by Gasteiger charge is 2.36. The van der Waals surface area contributed by atoms with E-state index in [1.54, 1.807) is 0 Å². The zero-order valence-electron chi connectivity index (χ0n) is 13.4. The summed E-state index contributed by atoms with van der Waals surface area (Å²) in [5.74, 6) is 1.22. The molecule has 0 bridgehead atoms. The van der Waals surface area contributed by atoms with Crippen LogP contribution < -0.4 is 5.32 Å². The van der Waals surface area contributed by atoms with Gasteiger partial charge in [0.25, 0.3) is 0 Å². The summed E-state index contributed by atoms with van der Waals surface area (Å²) in [5, 5.41) is 13.5. The van der Waals surface area contributed by atoms with Crippen molar-refractivity contribution < 1.29 is 9.90 Å². The zero-order valence-corrected chi connectivity index (χ0v) is 13.4. The number of carbonyl (C=O) groups is 1. The van der Waals surface area contributed by atoms with Crippen LogP contribution in [0.5, 0.6) is 0 Å². The maximum atomic E-state index is 12.5. The minimum atomic E-state index is -0.351. The summed E-state index contributed by atoms with van der Waals surface area (Å²) in [4.78, 5) is 14.5. The second-order valence-corrected chi connectivity index (χ2v) is 7.75. The molecule has 4 nitrogen and oxygen atoms in total. The molecule has 0 aromatic heterocycles. The lowest BCUT2D eigenvalue weighted by atomic mass is 9.87. The highest BCUT2D eigenvalue weighted by Crippen LogP contribution is 2.29. The molecule has 2 rings (SSSR count). The summed E-state index contributed by atoms with van der Waals surface area (Å²) in [7, 11) is 0. The number of nitrogens with zero attached hydrogens (tertiary/aromatic N) is 1. The first-order chi connectivity index (χ1) is 9.27. The van der Waals surface area contributed by atoms with Gasteiger partial charge in [-0.25, -0.2) is 0 Å². The molecule has 4 heteroatoms. The standard InChI is InChI=1S/C16H30N2O2/c1-11(19)13-7-14(17-8-12-5-6-12)10-18(9-13)15(20)16(2,3)4/h11-14,17,19H,5-10H2,1-4H3. The number of amides is 1. The van der Waals surface area contributed by atoms with Gasteiger partial charge < -0.3 is 15.3 Å². The lowest BCUT2D eigenvalue weighted by Gasteiger charge is -2.41. The fourth-order valence-electron chi connectivity index (χ4n) is 2.93. The van der Waals surface area contributed by atoms with Crippen molar-refractivity contribution in [2.45, 2.75) is 59.1 Å². The van der Waals surface area contributed by atoms with E-state index < -0.39 is 0 Å². The van der Waals surface area contributed by atoms with Crippen LogP contribution in [0, 0.1) is 17.3 Å². The minimum absolute atomic E-state index is 0.187. The van der Waals surface area contributed by atoms with Gasteiger partial charge in [-0.05, 0) is 38.6 Å². The topological polar surface area (TPSA) is 52.6 Å². The lowest BCUT2D eigenvalue weighted by molar-refractivity contribution is -0.142. The van der Waals surface area contributed by atoms with Crippen LogP contribution in [-0.2, 0) is 4.79 Å². The van der Waals surface area contributed by atoms with E-state index >= 15 is 0 Å². The van der Waals surface area contributed by atoms with Crippen LogP contribution >= 0.6 is 0 Å². The molecule has 0 aromatic carbocycles. The molecule has 1 saturated carbocycles. The molecule has 2 aliphatic rings. The molecule has 1 saturated heterocycles. The predicted molar refractivity (Wildman–Crippen MR) is 80.3 cm³/mol. The van der Waals surface area contributed by atoms with Crippen LogP contribution in [0.4, 0.5) is 0 Å². The molecule has 1 amide bonds. The van der Waals surface area contributed by atoms with Gasteiger partial charge in [-0.1, -0.05) is 20.8 Å². The van der Waals surface area contributed by atoms with Crippen molar-refractivity contribution in [3.63, 3.8) is 0 Å². The first kappa shape index (κ1) is 15.8. The van der Waals surface area contributed by atoms with Crippen LogP contribution in [0.1, 0.15) is 47.0 Å². The van der Waals surface area contributed by atoms with Crippen LogP contribution in [0.15, 0.2) is 0 Å². The third-order valence-corrected chi connectivity index (χ3v) is 4.49. The van der Waals surface area contributed by atoms with Crippen LogP contribution in [-0.4, -0.2) is 47.7 Å². The smallest absolute Gasteiger partial charge is 0.228 e. The van der Waals surface area contributed by atoms with E-state index in [0.717, 1.165) is 25.4 Å². The van der Waals surface area contributed by atoms with E-state index in [-0.39, 0.29) is 23.3 Å². The molecule has 20 heavy (non-hydrogen) atoms. The van der Waals surface area contributed by atoms with Gasteiger partial charge >= 0.3 is 0 Å². The molecule has 3 atom stereocenters. The van der Waals surface area contributed by atoms with E-state index in [1.807, 2.05) is 32.6 Å². The highest BCUT2D eigenvalue weighted by atomic mass is 16.3. The average Bonchev–Trinajstić information content (AvgIpc) is 3.18. The van der Waals surface area contributed by atoms with Crippen molar-refractivity contribution in [2.24, 2.45) is 17.3 Å². The molecule has 0 spiro atoms. The molecule has 3 unspecified atom stereocenters. The van der Waals surface area contributed by atoms with Crippen molar-refractivity contribution in [1.29, 1.82) is 0 Å². The quantitative estimate of drug-likeness (QED) is 0.824. The Hall–Kier alpha value is -0.610. The van der Waals surface area contributed by atoms with Crippen molar-refractivity contribution in [2.75, 3.05) is 19.6 Å². The molecule has 2 N–H and O–H groups in total. The third-order valence-electron chi connectivity index (χ3n) is 4.49. The Morgan fingerprint density at radius 2 is 2.00 bits per heavy atom. The summed E-state index contributed by atoms with van der Waals surface area (Å²) in [5.41, 5.74) is -0.346. The van der Waals surface area contributed by atoms with Gasteiger partial charge in [-0.3, -0.25) is 4.79 Å². The zero-order chi connectivity index (χ0) is 14.9. The number of rotatable bonds is 4. The van der Waals surface area contributed by atoms with Crippen LogP contribution in [0.2, 0.25) is 0 Å². The van der Waals surface area contributed by atoms with E-state index in [0.29, 0.717) is 12.6 Å². The van der Waals surface area contributed by atoms with Gasteiger partial charge in [0.15, 0.2) is 0 Å². The third kappa shape index (κ3) is 4.19. The van der Waals surface area contributed by atoms with E-state index in [4.69, 9.17) is 0 Å². The Morgan fingerprint density at radius 1 is 1.35 bits per heavy atom. The number of likely N-dealkylation sites (tertiary alicyclic amines) is 1. The van der Waals surface area contributed by atoms with Gasteiger partial charge in [0.1, 0.15) is 0 Å². The normalized spacial score (nSPS) is 29.4. The fourth-order valence-corrected chi connectivity index (χ4v) is 2.93. The highest BCUT2D eigenvalue weighted by molar-refractivity contribution is 5.81. The summed E-state index contributed by atoms with van der Waals surface area (Å²) in [6, 6.07) is 0.329. The Morgan fingerprint density at radius 3 is 2.50 bits per heavy atom. The minimum Gasteiger partial charge on any atom is -0.393 e. The first-order valence-electron chi connectivity index (χ1n) is 7.98. The summed E-state index contributed by atoms with van der Waals surface area (Å²) in [6.07, 6.45) is 3.29. The fraction of sp³-hybridized carbons (Fsp3) is 0.938. The Bertz CT molecular complexity index is 345. The number of hydrogen-bond donors (Lipinski definition) is 2. The van der Waals surface area contributed by atoms with Crippen LogP contribution in [0.25, 0.3) is 0 Å². The SMILES string of the molecule is CC(O)C1CC(NCC2CC2)CN(C(=O)C(C)(C)C)C1. The second kappa shape index (κ2) is 6.02. The molecule has 116 valence electrons. The molecular formula is C16H30N2O2. The monoisotopic (exact) mass is 282 g/mol. The molecule has 2 fully saturated rings. The summed E-state index contributed by atoms with van der Waals surface area (Å²) >= 11 is 0. The molecule has 1 aliphatic heterocycles. The van der Waals surface area contributed by atoms with Crippen molar-refractivity contribution >= 4 is 5.91 Å². The van der Waals surface area contributed by atoms with Gasteiger partial charge in [-0.2, -0.15) is 0 Å². The number of carbonyl (C=O) groups excluding carboxylic acids is 1. The van der Waals surface area contributed by atoms with Crippen molar-refractivity contribution in [3.05, 3.63) is 0 Å². The molecule has 0 radical (unpaired) electrons. The maximum absolute atomic E-state index is 12.5. The van der Waals surface area contributed by atoms with Gasteiger partial charge in [-0.15, -0.1) is 0 Å². The summed E-state index contributed by atoms with van der Waals surface area (Å²) < 4.78 is 0. The maximum Gasteiger partial charge on any atom is 0.228 e. The number of aliphatic hydroxyl groups excluding tert-OH is 1. The molecule has 1 aliphatic carbocycles. The average molecular weight is 282 g/mol. The largest absolute Gasteiger partial charge is 0.393 e. The summed E-state index contributed by atoms with van der Waals surface area (Å²) in [6.45, 7) is 10.3. The molecule has 0 aromatic rings. The Kier molecular flexibility index (Phi) is 4.75. The van der Waals surface area contributed by atoms with Crippen LogP contribution in [0.3, 0.4) is 0 Å². The van der Waals surface area contributed by atoms with Crippen molar-refractivity contribution in [3.8, 4) is 0 Å². The number of piperidine rings is 1. The van der Waals surface area contributed by atoms with Gasteiger partial charge in [0.2, 0.25) is 5.91 Å².